The Hall–Kier alpha value is -2.82. The maximum atomic E-state index is 12.4. The maximum absolute atomic E-state index is 12.4. The molecule has 1 aliphatic heterocycles. The molecule has 0 radical (unpaired) electrons. The first-order valence-electron chi connectivity index (χ1n) is 8.50. The van der Waals surface area contributed by atoms with Crippen LogP contribution in [0.15, 0.2) is 18.2 Å². The number of ether oxygens (including phenoxy) is 2. The van der Waals surface area contributed by atoms with Crippen molar-refractivity contribution in [2.45, 2.75) is 51.7 Å². The van der Waals surface area contributed by atoms with Crippen molar-refractivity contribution in [2.24, 2.45) is 0 Å². The molecule has 0 aliphatic carbocycles. The Morgan fingerprint density at radius 1 is 1.42 bits per heavy atom. The first kappa shape index (κ1) is 19.5. The molecule has 1 amide bonds. The second-order valence-electron chi connectivity index (χ2n) is 7.13. The molecule has 2 rings (SSSR count). The first-order valence-corrected chi connectivity index (χ1v) is 8.50. The summed E-state index contributed by atoms with van der Waals surface area (Å²) in [7, 11) is 0. The second kappa shape index (κ2) is 8.04. The van der Waals surface area contributed by atoms with E-state index in [1.165, 1.54) is 18.2 Å². The zero-order valence-electron chi connectivity index (χ0n) is 15.2. The highest BCUT2D eigenvalue weighted by molar-refractivity contribution is 5.71. The van der Waals surface area contributed by atoms with Crippen molar-refractivity contribution in [1.82, 2.24) is 4.90 Å². The Kier molecular flexibility index (Phi) is 6.03. The van der Waals surface area contributed by atoms with Gasteiger partial charge < -0.3 is 14.4 Å². The van der Waals surface area contributed by atoms with Gasteiger partial charge in [0.1, 0.15) is 18.0 Å². The van der Waals surface area contributed by atoms with Gasteiger partial charge in [-0.15, -0.1) is 0 Å². The van der Waals surface area contributed by atoms with Crippen LogP contribution in [-0.4, -0.2) is 40.7 Å². The lowest BCUT2D eigenvalue weighted by Crippen LogP contribution is -2.48. The molecule has 0 aromatic heterocycles. The van der Waals surface area contributed by atoms with Gasteiger partial charge in [0.05, 0.1) is 17.5 Å². The van der Waals surface area contributed by atoms with Crippen LogP contribution in [0.25, 0.3) is 4.85 Å². The fourth-order valence-corrected chi connectivity index (χ4v) is 2.81. The van der Waals surface area contributed by atoms with Gasteiger partial charge in [0.15, 0.2) is 0 Å². The predicted octanol–water partition coefficient (Wildman–Crippen LogP) is 4.31. The van der Waals surface area contributed by atoms with Crippen LogP contribution in [0.1, 0.15) is 40.0 Å². The van der Waals surface area contributed by atoms with Gasteiger partial charge in [-0.3, -0.25) is 10.1 Å². The molecule has 0 bridgehead atoms. The molecular weight excluding hydrogens is 338 g/mol. The van der Waals surface area contributed by atoms with E-state index in [-0.39, 0.29) is 29.8 Å². The number of carbonyl (C=O) groups is 1. The van der Waals surface area contributed by atoms with E-state index in [0.717, 1.165) is 19.3 Å². The Balaban J connectivity index is 2.12. The highest BCUT2D eigenvalue weighted by Crippen LogP contribution is 2.37. The fraction of sp³-hybridized carbons (Fsp3) is 0.556. The number of likely N-dealkylation sites (tertiary alicyclic amines) is 1. The molecular formula is C18H23N3O5. The smallest absolute Gasteiger partial charge is 0.410 e. The van der Waals surface area contributed by atoms with Crippen LogP contribution >= 0.6 is 0 Å². The summed E-state index contributed by atoms with van der Waals surface area (Å²) in [4.78, 5) is 27.7. The van der Waals surface area contributed by atoms with Crippen LogP contribution in [-0.2, 0) is 4.74 Å². The number of hydrogen-bond acceptors (Lipinski definition) is 5. The monoisotopic (exact) mass is 361 g/mol. The quantitative estimate of drug-likeness (QED) is 0.453. The summed E-state index contributed by atoms with van der Waals surface area (Å²) in [6, 6.07) is 4.08. The number of carbonyl (C=O) groups excluding carboxylic acids is 1. The third kappa shape index (κ3) is 4.85. The van der Waals surface area contributed by atoms with Gasteiger partial charge >= 0.3 is 11.8 Å². The molecule has 1 heterocycles. The SMILES string of the molecule is [C-]#[N+]c1c(OC[C@H]2CCCCN2C(=O)OC(C)(C)C)cccc1[N+](=O)[O-]. The molecule has 1 fully saturated rings. The largest absolute Gasteiger partial charge is 0.502 e. The molecule has 8 heteroatoms. The molecule has 0 unspecified atom stereocenters. The van der Waals surface area contributed by atoms with Crippen LogP contribution in [0.3, 0.4) is 0 Å². The summed E-state index contributed by atoms with van der Waals surface area (Å²) in [6.07, 6.45) is 2.20. The van der Waals surface area contributed by atoms with Crippen molar-refractivity contribution in [1.29, 1.82) is 0 Å². The molecule has 0 N–H and O–H groups in total. The van der Waals surface area contributed by atoms with Crippen molar-refractivity contribution in [3.05, 3.63) is 39.7 Å². The van der Waals surface area contributed by atoms with Crippen LogP contribution in [0.4, 0.5) is 16.2 Å². The number of para-hydroxylation sites is 1. The standard InChI is InChI=1S/C18H23N3O5/c1-18(2,3)26-17(22)20-11-6-5-8-13(20)12-25-15-10-7-9-14(21(23)24)16(15)19-4/h7,9-10,13H,5-6,8,11-12H2,1-3H3/t13-/m1/s1. The first-order chi connectivity index (χ1) is 12.2. The van der Waals surface area contributed by atoms with Gasteiger partial charge in [0.2, 0.25) is 0 Å². The molecule has 1 saturated heterocycles. The molecule has 0 saturated carbocycles. The Labute approximate surface area is 152 Å². The van der Waals surface area contributed by atoms with Gasteiger partial charge in [-0.2, -0.15) is 0 Å². The maximum Gasteiger partial charge on any atom is 0.410 e. The van der Waals surface area contributed by atoms with Crippen LogP contribution in [0.2, 0.25) is 0 Å². The molecule has 0 spiro atoms. The van der Waals surface area contributed by atoms with Crippen LogP contribution in [0.5, 0.6) is 5.75 Å². The van der Waals surface area contributed by atoms with E-state index in [1.807, 2.05) is 20.8 Å². The van der Waals surface area contributed by atoms with Gasteiger partial charge in [-0.25, -0.2) is 9.64 Å². The average molecular weight is 361 g/mol. The Morgan fingerprint density at radius 2 is 2.15 bits per heavy atom. The van der Waals surface area contributed by atoms with Gasteiger partial charge in [0, 0.05) is 12.6 Å². The summed E-state index contributed by atoms with van der Waals surface area (Å²) in [5.41, 5.74) is -1.00. The lowest BCUT2D eigenvalue weighted by atomic mass is 10.0. The highest BCUT2D eigenvalue weighted by Gasteiger charge is 2.31. The number of nitro benzene ring substituents is 1. The molecule has 1 aromatic carbocycles. The summed E-state index contributed by atoms with van der Waals surface area (Å²) >= 11 is 0. The number of nitro groups is 1. The zero-order valence-corrected chi connectivity index (χ0v) is 15.2. The number of rotatable bonds is 4. The molecule has 26 heavy (non-hydrogen) atoms. The summed E-state index contributed by atoms with van der Waals surface area (Å²) in [5, 5.41) is 11.1. The number of benzene rings is 1. The summed E-state index contributed by atoms with van der Waals surface area (Å²) < 4.78 is 11.1. The lowest BCUT2D eigenvalue weighted by molar-refractivity contribution is -0.383. The zero-order chi connectivity index (χ0) is 19.3. The number of amides is 1. The van der Waals surface area contributed by atoms with Crippen molar-refractivity contribution < 1.29 is 19.2 Å². The molecule has 1 aromatic rings. The Bertz CT molecular complexity index is 721. The van der Waals surface area contributed by atoms with Crippen LogP contribution < -0.4 is 4.74 Å². The predicted molar refractivity (Wildman–Crippen MR) is 95.4 cm³/mol. The van der Waals surface area contributed by atoms with Gasteiger partial charge in [0.25, 0.3) is 5.69 Å². The Morgan fingerprint density at radius 3 is 2.77 bits per heavy atom. The topological polar surface area (TPSA) is 86.3 Å². The van der Waals surface area contributed by atoms with Crippen molar-refractivity contribution in [3.63, 3.8) is 0 Å². The van der Waals surface area contributed by atoms with E-state index in [0.29, 0.717) is 6.54 Å². The number of piperidine rings is 1. The third-order valence-electron chi connectivity index (χ3n) is 3.97. The molecule has 8 nitrogen and oxygen atoms in total. The van der Waals surface area contributed by atoms with E-state index in [9.17, 15) is 14.9 Å². The highest BCUT2D eigenvalue weighted by atomic mass is 16.6. The number of hydrogen-bond donors (Lipinski definition) is 0. The lowest BCUT2D eigenvalue weighted by Gasteiger charge is -2.36. The number of nitrogens with zero attached hydrogens (tertiary/aromatic N) is 3. The fourth-order valence-electron chi connectivity index (χ4n) is 2.81. The van der Waals surface area contributed by atoms with E-state index >= 15 is 0 Å². The minimum atomic E-state index is -0.603. The third-order valence-corrected chi connectivity index (χ3v) is 3.97. The van der Waals surface area contributed by atoms with Gasteiger partial charge in [-0.05, 0) is 46.1 Å². The van der Waals surface area contributed by atoms with Crippen LogP contribution in [0, 0.1) is 16.7 Å². The van der Waals surface area contributed by atoms with Gasteiger partial charge in [-0.1, -0.05) is 6.07 Å². The summed E-state index contributed by atoms with van der Waals surface area (Å²) in [5.74, 6) is 0.156. The van der Waals surface area contributed by atoms with E-state index in [4.69, 9.17) is 16.0 Å². The second-order valence-corrected chi connectivity index (χ2v) is 7.13. The normalized spacial score (nSPS) is 17.3. The molecule has 1 atom stereocenters. The van der Waals surface area contributed by atoms with Crippen molar-refractivity contribution >= 4 is 17.5 Å². The summed E-state index contributed by atoms with van der Waals surface area (Å²) in [6.45, 7) is 13.4. The molecule has 140 valence electrons. The van der Waals surface area contributed by atoms with E-state index in [1.54, 1.807) is 4.90 Å². The average Bonchev–Trinajstić information content (AvgIpc) is 2.58. The van der Waals surface area contributed by atoms with Crippen molar-refractivity contribution in [2.75, 3.05) is 13.2 Å². The van der Waals surface area contributed by atoms with E-state index < -0.39 is 16.6 Å². The minimum Gasteiger partial charge on any atom is -0.502 e. The van der Waals surface area contributed by atoms with E-state index in [2.05, 4.69) is 4.85 Å². The van der Waals surface area contributed by atoms with Crippen molar-refractivity contribution in [3.8, 4) is 5.75 Å². The molecule has 1 aliphatic rings. The minimum absolute atomic E-state index is 0.128.